The van der Waals surface area contributed by atoms with Crippen LogP contribution >= 0.6 is 0 Å². The predicted molar refractivity (Wildman–Crippen MR) is 97.0 cm³/mol. The third-order valence-electron chi connectivity index (χ3n) is 4.52. The normalized spacial score (nSPS) is 12.9. The number of halogens is 5. The fraction of sp³-hybridized carbons (Fsp3) is 0.250. The van der Waals surface area contributed by atoms with Crippen LogP contribution in [0.25, 0.3) is 22.2 Å². The molecule has 3 rings (SSSR count). The van der Waals surface area contributed by atoms with E-state index in [1.54, 1.807) is 5.32 Å². The number of hydrogen-bond donors (Lipinski definition) is 3. The second kappa shape index (κ2) is 8.20. The second-order valence-electron chi connectivity index (χ2n) is 6.52. The highest BCUT2D eigenvalue weighted by molar-refractivity contribution is 5.91. The molecule has 1 heterocycles. The first kappa shape index (κ1) is 20.8. The van der Waals surface area contributed by atoms with Crippen LogP contribution in [0.2, 0.25) is 0 Å². The molecule has 29 heavy (non-hydrogen) atoms. The molecule has 1 atom stereocenters. The number of fused-ring (bicyclic) bond motifs is 1. The average Bonchev–Trinajstić information content (AvgIpc) is 3.01. The first-order valence-electron chi connectivity index (χ1n) is 8.72. The molecular formula is C20H17F5N2O2. The minimum Gasteiger partial charge on any atom is -0.394 e. The number of carbonyl (C=O) groups excluding carboxylic acids is 1. The van der Waals surface area contributed by atoms with Gasteiger partial charge in [0.05, 0.1) is 6.61 Å². The summed E-state index contributed by atoms with van der Waals surface area (Å²) >= 11 is 0. The van der Waals surface area contributed by atoms with E-state index in [0.717, 1.165) is 0 Å². The standard InChI is InChI=1S/C20H17F5N2O2/c21-12-3-1-11(2-4-12)19-14(15-9-13(22)5-7-16(15)26-19)6-8-18(29)27-17(10-28)20(23,24)25/h1-5,7,9,17,26,28H,6,8,10H2,(H,27,29)/t17-/m1/s1. The van der Waals surface area contributed by atoms with Crippen molar-refractivity contribution in [2.45, 2.75) is 25.1 Å². The van der Waals surface area contributed by atoms with Crippen LogP contribution in [0.3, 0.4) is 0 Å². The Balaban J connectivity index is 1.89. The second-order valence-corrected chi connectivity index (χ2v) is 6.52. The van der Waals surface area contributed by atoms with E-state index in [9.17, 15) is 26.7 Å². The van der Waals surface area contributed by atoms with E-state index in [0.29, 0.717) is 27.7 Å². The van der Waals surface area contributed by atoms with Gasteiger partial charge in [0, 0.05) is 23.0 Å². The van der Waals surface area contributed by atoms with Crippen molar-refractivity contribution < 1.29 is 31.9 Å². The van der Waals surface area contributed by atoms with Gasteiger partial charge in [0.25, 0.3) is 0 Å². The summed E-state index contributed by atoms with van der Waals surface area (Å²) in [7, 11) is 0. The van der Waals surface area contributed by atoms with Gasteiger partial charge in [0.2, 0.25) is 5.91 Å². The molecule has 0 saturated carbocycles. The largest absolute Gasteiger partial charge is 0.410 e. The zero-order valence-corrected chi connectivity index (χ0v) is 15.0. The van der Waals surface area contributed by atoms with Gasteiger partial charge in [0.1, 0.15) is 17.7 Å². The van der Waals surface area contributed by atoms with E-state index >= 15 is 0 Å². The van der Waals surface area contributed by atoms with Gasteiger partial charge in [-0.2, -0.15) is 13.2 Å². The third-order valence-corrected chi connectivity index (χ3v) is 4.52. The van der Waals surface area contributed by atoms with Gasteiger partial charge in [0.15, 0.2) is 0 Å². The quantitative estimate of drug-likeness (QED) is 0.534. The Labute approximate surface area is 162 Å². The highest BCUT2D eigenvalue weighted by atomic mass is 19.4. The number of carbonyl (C=O) groups is 1. The molecule has 3 N–H and O–H groups in total. The third kappa shape index (κ3) is 4.73. The maximum atomic E-state index is 13.7. The molecule has 9 heteroatoms. The van der Waals surface area contributed by atoms with Crippen molar-refractivity contribution in [1.82, 2.24) is 10.3 Å². The minimum absolute atomic E-state index is 0.0119. The highest BCUT2D eigenvalue weighted by Gasteiger charge is 2.40. The average molecular weight is 412 g/mol. The molecule has 0 aliphatic carbocycles. The number of benzene rings is 2. The van der Waals surface area contributed by atoms with Gasteiger partial charge in [-0.05, 0) is 60.0 Å². The molecule has 4 nitrogen and oxygen atoms in total. The number of rotatable bonds is 6. The summed E-state index contributed by atoms with van der Waals surface area (Å²) in [6, 6.07) is 7.16. The Bertz CT molecular complexity index is 1010. The van der Waals surface area contributed by atoms with Crippen LogP contribution in [0.4, 0.5) is 22.0 Å². The number of aliphatic hydroxyl groups excluding tert-OH is 1. The van der Waals surface area contributed by atoms with Gasteiger partial charge in [-0.15, -0.1) is 0 Å². The lowest BCUT2D eigenvalue weighted by Crippen LogP contribution is -2.47. The zero-order valence-electron chi connectivity index (χ0n) is 15.0. The van der Waals surface area contributed by atoms with Gasteiger partial charge < -0.3 is 15.4 Å². The van der Waals surface area contributed by atoms with Crippen molar-refractivity contribution in [2.24, 2.45) is 0 Å². The minimum atomic E-state index is -4.77. The van der Waals surface area contributed by atoms with Crippen LogP contribution in [0.5, 0.6) is 0 Å². The Hall–Kier alpha value is -2.94. The molecule has 0 spiro atoms. The number of alkyl halides is 3. The smallest absolute Gasteiger partial charge is 0.394 e. The van der Waals surface area contributed by atoms with E-state index in [-0.39, 0.29) is 12.8 Å². The van der Waals surface area contributed by atoms with Crippen molar-refractivity contribution in [1.29, 1.82) is 0 Å². The molecule has 1 aromatic heterocycles. The lowest BCUT2D eigenvalue weighted by Gasteiger charge is -2.19. The predicted octanol–water partition coefficient (Wildman–Crippen LogP) is 4.09. The molecule has 0 saturated heterocycles. The molecule has 0 unspecified atom stereocenters. The van der Waals surface area contributed by atoms with E-state index < -0.39 is 36.4 Å². The van der Waals surface area contributed by atoms with E-state index in [4.69, 9.17) is 5.11 Å². The van der Waals surface area contributed by atoms with Crippen LogP contribution in [0.1, 0.15) is 12.0 Å². The monoisotopic (exact) mass is 412 g/mol. The summed E-state index contributed by atoms with van der Waals surface area (Å²) in [5, 5.41) is 11.1. The summed E-state index contributed by atoms with van der Waals surface area (Å²) in [4.78, 5) is 15.1. The molecule has 0 bridgehead atoms. The maximum absolute atomic E-state index is 13.7. The Morgan fingerprint density at radius 1 is 1.07 bits per heavy atom. The van der Waals surface area contributed by atoms with E-state index in [1.807, 2.05) is 0 Å². The number of nitrogens with one attached hydrogen (secondary N) is 2. The van der Waals surface area contributed by atoms with Crippen molar-refractivity contribution >= 4 is 16.8 Å². The summed E-state index contributed by atoms with van der Waals surface area (Å²) < 4.78 is 65.1. The van der Waals surface area contributed by atoms with Crippen LogP contribution in [-0.2, 0) is 11.2 Å². The molecule has 0 radical (unpaired) electrons. The maximum Gasteiger partial charge on any atom is 0.410 e. The summed E-state index contributed by atoms with van der Waals surface area (Å²) in [6.07, 6.45) is -5.07. The number of amides is 1. The topological polar surface area (TPSA) is 65.1 Å². The molecule has 0 aliphatic rings. The highest BCUT2D eigenvalue weighted by Crippen LogP contribution is 2.32. The molecule has 0 fully saturated rings. The van der Waals surface area contributed by atoms with Crippen LogP contribution in [0, 0.1) is 11.6 Å². The summed E-state index contributed by atoms with van der Waals surface area (Å²) in [5.74, 6) is -1.86. The van der Waals surface area contributed by atoms with Crippen LogP contribution < -0.4 is 5.32 Å². The van der Waals surface area contributed by atoms with Crippen molar-refractivity contribution in [3.05, 3.63) is 59.7 Å². The number of H-pyrrole nitrogens is 1. The van der Waals surface area contributed by atoms with Crippen molar-refractivity contribution in [3.8, 4) is 11.3 Å². The van der Waals surface area contributed by atoms with Crippen molar-refractivity contribution in [3.63, 3.8) is 0 Å². The van der Waals surface area contributed by atoms with E-state index in [2.05, 4.69) is 4.98 Å². The fourth-order valence-electron chi connectivity index (χ4n) is 3.08. The van der Waals surface area contributed by atoms with Gasteiger partial charge in [-0.1, -0.05) is 0 Å². The van der Waals surface area contributed by atoms with Gasteiger partial charge in [-0.3, -0.25) is 4.79 Å². The zero-order chi connectivity index (χ0) is 21.2. The molecule has 1 amide bonds. The first-order chi connectivity index (χ1) is 13.7. The first-order valence-corrected chi connectivity index (χ1v) is 8.72. The Morgan fingerprint density at radius 3 is 2.34 bits per heavy atom. The van der Waals surface area contributed by atoms with Gasteiger partial charge >= 0.3 is 6.18 Å². The number of aryl methyl sites for hydroxylation is 1. The van der Waals surface area contributed by atoms with Gasteiger partial charge in [-0.25, -0.2) is 8.78 Å². The van der Waals surface area contributed by atoms with Crippen molar-refractivity contribution in [2.75, 3.05) is 6.61 Å². The molecule has 3 aromatic rings. The number of aromatic amines is 1. The molecule has 2 aromatic carbocycles. The summed E-state index contributed by atoms with van der Waals surface area (Å²) in [6.45, 7) is -1.27. The lowest BCUT2D eigenvalue weighted by atomic mass is 10.0. The Morgan fingerprint density at radius 2 is 1.72 bits per heavy atom. The number of aromatic nitrogens is 1. The molecule has 154 valence electrons. The molecule has 0 aliphatic heterocycles. The summed E-state index contributed by atoms with van der Waals surface area (Å²) in [5.41, 5.74) is 2.20. The van der Waals surface area contributed by atoms with Crippen LogP contribution in [-0.4, -0.2) is 34.8 Å². The Kier molecular flexibility index (Phi) is 5.88. The lowest BCUT2D eigenvalue weighted by molar-refractivity contribution is -0.168. The van der Waals surface area contributed by atoms with Crippen LogP contribution in [0.15, 0.2) is 42.5 Å². The van der Waals surface area contributed by atoms with E-state index in [1.165, 1.54) is 42.5 Å². The molecular weight excluding hydrogens is 395 g/mol. The number of aliphatic hydroxyl groups is 1. The fourth-order valence-corrected chi connectivity index (χ4v) is 3.08. The number of hydrogen-bond acceptors (Lipinski definition) is 2. The SMILES string of the molecule is O=C(CCc1c(-c2ccc(F)cc2)[nH]c2ccc(F)cc12)N[C@H](CO)C(F)(F)F.